The van der Waals surface area contributed by atoms with Gasteiger partial charge in [0.25, 0.3) is 0 Å². The van der Waals surface area contributed by atoms with Gasteiger partial charge in [-0.1, -0.05) is 17.7 Å². The number of nitrogens with zero attached hydrogens (tertiary/aromatic N) is 2. The molecule has 0 bridgehead atoms. The number of rotatable bonds is 6. The molecule has 0 N–H and O–H groups in total. The molecule has 1 atom stereocenters. The van der Waals surface area contributed by atoms with Crippen molar-refractivity contribution in [1.29, 1.82) is 0 Å². The molecule has 0 aliphatic heterocycles. The van der Waals surface area contributed by atoms with Crippen molar-refractivity contribution in [3.63, 3.8) is 0 Å². The van der Waals surface area contributed by atoms with Gasteiger partial charge >= 0.3 is 0 Å². The van der Waals surface area contributed by atoms with Crippen molar-refractivity contribution in [3.8, 4) is 11.4 Å². The first-order valence-electron chi connectivity index (χ1n) is 9.41. The minimum Gasteiger partial charge on any atom is -0.497 e. The lowest BCUT2D eigenvalue weighted by Crippen LogP contribution is -2.08. The monoisotopic (exact) mass is 422 g/mol. The molecule has 1 heterocycles. The molecule has 0 saturated heterocycles. The number of halogens is 2. The van der Waals surface area contributed by atoms with Gasteiger partial charge in [-0.25, -0.2) is 13.8 Å². The Balaban J connectivity index is 1.81. The van der Waals surface area contributed by atoms with Gasteiger partial charge in [0.2, 0.25) is 0 Å². The number of imidazole rings is 1. The molecule has 0 amide bonds. The van der Waals surface area contributed by atoms with Gasteiger partial charge in [-0.2, -0.15) is 0 Å². The highest BCUT2D eigenvalue weighted by Gasteiger charge is 2.25. The van der Waals surface area contributed by atoms with Crippen molar-refractivity contribution >= 4 is 11.8 Å². The van der Waals surface area contributed by atoms with Crippen LogP contribution in [0.3, 0.4) is 0 Å². The maximum Gasteiger partial charge on any atom is 0.131 e. The zero-order chi connectivity index (χ0) is 21.1. The lowest BCUT2D eigenvalue weighted by molar-refractivity contribution is 0.414. The largest absolute Gasteiger partial charge is 0.497 e. The fourth-order valence-corrected chi connectivity index (χ4v) is 4.35. The highest BCUT2D eigenvalue weighted by Crippen LogP contribution is 2.41. The summed E-state index contributed by atoms with van der Waals surface area (Å²) in [4.78, 5) is 5.46. The third-order valence-corrected chi connectivity index (χ3v) is 6.01. The van der Waals surface area contributed by atoms with Gasteiger partial charge in [0, 0.05) is 28.5 Å². The van der Waals surface area contributed by atoms with Crippen LogP contribution in [0.1, 0.15) is 22.2 Å². The van der Waals surface area contributed by atoms with Crippen molar-refractivity contribution in [2.45, 2.75) is 17.1 Å². The molecular formula is C24H20F2N2OS. The van der Waals surface area contributed by atoms with Crippen LogP contribution in [0.4, 0.5) is 8.78 Å². The number of ether oxygens (including phenoxy) is 1. The number of hydrogen-bond acceptors (Lipinski definition) is 3. The van der Waals surface area contributed by atoms with Gasteiger partial charge in [-0.15, -0.1) is 11.8 Å². The van der Waals surface area contributed by atoms with Crippen LogP contribution in [0.5, 0.6) is 5.75 Å². The molecule has 152 valence electrons. The second kappa shape index (κ2) is 8.71. The lowest BCUT2D eigenvalue weighted by Gasteiger charge is -2.20. The van der Waals surface area contributed by atoms with Crippen LogP contribution in [0.15, 0.2) is 84.0 Å². The average molecular weight is 423 g/mol. The molecule has 0 saturated carbocycles. The molecule has 0 aliphatic carbocycles. The summed E-state index contributed by atoms with van der Waals surface area (Å²) in [7, 11) is 1.61. The average Bonchev–Trinajstić information content (AvgIpc) is 3.25. The summed E-state index contributed by atoms with van der Waals surface area (Å²) in [5.74, 6) is 0.395. The second-order valence-corrected chi connectivity index (χ2v) is 8.01. The van der Waals surface area contributed by atoms with Gasteiger partial charge in [0.05, 0.1) is 12.4 Å². The number of thioether (sulfide) groups is 1. The third-order valence-electron chi connectivity index (χ3n) is 4.77. The molecule has 3 aromatic carbocycles. The number of aryl methyl sites for hydroxylation is 1. The molecule has 6 heteroatoms. The van der Waals surface area contributed by atoms with E-state index in [9.17, 15) is 8.78 Å². The topological polar surface area (TPSA) is 27.1 Å². The molecule has 3 nitrogen and oxygen atoms in total. The van der Waals surface area contributed by atoms with E-state index in [0.717, 1.165) is 34.0 Å². The quantitative estimate of drug-likeness (QED) is 0.339. The minimum atomic E-state index is -0.541. The van der Waals surface area contributed by atoms with Gasteiger partial charge < -0.3 is 9.30 Å². The van der Waals surface area contributed by atoms with Crippen LogP contribution in [0.25, 0.3) is 5.69 Å². The molecule has 4 rings (SSSR count). The smallest absolute Gasteiger partial charge is 0.131 e. The van der Waals surface area contributed by atoms with E-state index in [1.165, 1.54) is 17.8 Å². The standard InChI is InChI=1S/C24H20F2N2OS/c1-16-3-10-20(11-4-16)30-23(21-15-17(25)5-12-22(21)26)24-27-13-14-28(24)18-6-8-19(29-2)9-7-18/h3-15,23H,1-2H3. The Morgan fingerprint density at radius 1 is 0.967 bits per heavy atom. The van der Waals surface area contributed by atoms with E-state index in [-0.39, 0.29) is 5.56 Å². The molecule has 0 spiro atoms. The summed E-state index contributed by atoms with van der Waals surface area (Å²) < 4.78 is 35.9. The summed E-state index contributed by atoms with van der Waals surface area (Å²) in [5.41, 5.74) is 2.24. The van der Waals surface area contributed by atoms with Crippen LogP contribution in [0.2, 0.25) is 0 Å². The van der Waals surface area contributed by atoms with E-state index < -0.39 is 16.9 Å². The number of methoxy groups -OCH3 is 1. The Kier molecular flexibility index (Phi) is 5.86. The van der Waals surface area contributed by atoms with Gasteiger partial charge in [0.1, 0.15) is 23.2 Å². The molecular weight excluding hydrogens is 402 g/mol. The van der Waals surface area contributed by atoms with E-state index in [1.54, 1.807) is 13.3 Å². The summed E-state index contributed by atoms with van der Waals surface area (Å²) in [6.07, 6.45) is 3.48. The zero-order valence-electron chi connectivity index (χ0n) is 16.5. The molecule has 0 fully saturated rings. The van der Waals surface area contributed by atoms with Crippen LogP contribution < -0.4 is 4.74 Å². The Labute approximate surface area is 178 Å². The fraction of sp³-hybridized carbons (Fsp3) is 0.125. The second-order valence-electron chi connectivity index (χ2n) is 6.83. The first-order chi connectivity index (χ1) is 14.5. The molecule has 0 radical (unpaired) electrons. The van der Waals surface area contributed by atoms with Crippen molar-refractivity contribution in [1.82, 2.24) is 9.55 Å². The number of benzene rings is 3. The summed E-state index contributed by atoms with van der Waals surface area (Å²) in [6, 6.07) is 19.0. The normalized spacial score (nSPS) is 12.0. The van der Waals surface area contributed by atoms with Crippen molar-refractivity contribution in [2.24, 2.45) is 0 Å². The predicted octanol–water partition coefficient (Wildman–Crippen LogP) is 6.35. The number of aromatic nitrogens is 2. The van der Waals surface area contributed by atoms with E-state index >= 15 is 0 Å². The summed E-state index contributed by atoms with van der Waals surface area (Å²) in [5, 5.41) is -0.541. The molecule has 4 aromatic rings. The Bertz CT molecular complexity index is 1140. The predicted molar refractivity (Wildman–Crippen MR) is 115 cm³/mol. The zero-order valence-corrected chi connectivity index (χ0v) is 17.4. The minimum absolute atomic E-state index is 0.251. The Morgan fingerprint density at radius 2 is 1.70 bits per heavy atom. The first-order valence-corrected chi connectivity index (χ1v) is 10.3. The van der Waals surface area contributed by atoms with Crippen LogP contribution in [-0.4, -0.2) is 16.7 Å². The molecule has 1 unspecified atom stereocenters. The van der Waals surface area contributed by atoms with Crippen LogP contribution >= 0.6 is 11.8 Å². The Hall–Kier alpha value is -3.12. The Morgan fingerprint density at radius 3 is 2.40 bits per heavy atom. The fourth-order valence-electron chi connectivity index (χ4n) is 3.19. The summed E-state index contributed by atoms with van der Waals surface area (Å²) >= 11 is 1.43. The lowest BCUT2D eigenvalue weighted by atomic mass is 10.1. The van der Waals surface area contributed by atoms with Gasteiger partial charge in [-0.3, -0.25) is 0 Å². The SMILES string of the molecule is COc1ccc(-n2ccnc2C(Sc2ccc(C)cc2)c2cc(F)ccc2F)cc1. The molecule has 1 aromatic heterocycles. The van der Waals surface area contributed by atoms with E-state index in [4.69, 9.17) is 4.74 Å². The van der Waals surface area contributed by atoms with E-state index in [0.29, 0.717) is 5.82 Å². The van der Waals surface area contributed by atoms with Gasteiger partial charge in [-0.05, 0) is 61.5 Å². The van der Waals surface area contributed by atoms with E-state index in [1.807, 2.05) is 66.2 Å². The van der Waals surface area contributed by atoms with Crippen molar-refractivity contribution in [2.75, 3.05) is 7.11 Å². The van der Waals surface area contributed by atoms with Crippen LogP contribution in [0, 0.1) is 18.6 Å². The molecule has 30 heavy (non-hydrogen) atoms. The summed E-state index contributed by atoms with van der Waals surface area (Å²) in [6.45, 7) is 2.01. The first kappa shape index (κ1) is 20.2. The third kappa shape index (κ3) is 4.24. The van der Waals surface area contributed by atoms with Crippen molar-refractivity contribution in [3.05, 3.63) is 108 Å². The highest BCUT2D eigenvalue weighted by molar-refractivity contribution is 7.99. The van der Waals surface area contributed by atoms with Gasteiger partial charge in [0.15, 0.2) is 0 Å². The maximum atomic E-state index is 14.8. The van der Waals surface area contributed by atoms with Crippen LogP contribution in [-0.2, 0) is 0 Å². The van der Waals surface area contributed by atoms with Crippen molar-refractivity contribution < 1.29 is 13.5 Å². The van der Waals surface area contributed by atoms with E-state index in [2.05, 4.69) is 4.98 Å². The molecule has 0 aliphatic rings. The highest BCUT2D eigenvalue weighted by atomic mass is 32.2. The maximum absolute atomic E-state index is 14.8. The number of hydrogen-bond donors (Lipinski definition) is 0.